The Kier molecular flexibility index (Phi) is 4.99. The Balaban J connectivity index is 3.30. The molecule has 0 aromatic heterocycles. The van der Waals surface area contributed by atoms with Gasteiger partial charge in [-0.2, -0.15) is 13.2 Å². The summed E-state index contributed by atoms with van der Waals surface area (Å²) < 4.78 is 50.0. The third-order valence-corrected chi connectivity index (χ3v) is 2.93. The first-order valence-corrected chi connectivity index (χ1v) is 5.77. The monoisotopic (exact) mass is 291 g/mol. The van der Waals surface area contributed by atoms with E-state index in [4.69, 9.17) is 9.47 Å². The summed E-state index contributed by atoms with van der Waals surface area (Å²) in [7, 11) is 2.31. The topological polar surface area (TPSA) is 47.6 Å². The highest BCUT2D eigenvalue weighted by atomic mass is 19.4. The van der Waals surface area contributed by atoms with E-state index >= 15 is 0 Å². The van der Waals surface area contributed by atoms with E-state index in [1.165, 1.54) is 31.4 Å². The molecule has 1 N–H and O–H groups in total. The maximum atomic E-state index is 13.4. The van der Waals surface area contributed by atoms with Gasteiger partial charge < -0.3 is 14.8 Å². The van der Waals surface area contributed by atoms with E-state index < -0.39 is 24.2 Å². The first kappa shape index (κ1) is 16.3. The van der Waals surface area contributed by atoms with E-state index in [0.717, 1.165) is 14.0 Å². The van der Waals surface area contributed by atoms with Gasteiger partial charge in [-0.05, 0) is 17.7 Å². The summed E-state index contributed by atoms with van der Waals surface area (Å²) in [6.07, 6.45) is -4.70. The van der Waals surface area contributed by atoms with Crippen molar-refractivity contribution < 1.29 is 27.4 Å². The van der Waals surface area contributed by atoms with Gasteiger partial charge in [0.25, 0.3) is 0 Å². The van der Waals surface area contributed by atoms with E-state index in [0.29, 0.717) is 0 Å². The minimum absolute atomic E-state index is 0.138. The molecule has 0 aliphatic heterocycles. The molecule has 1 atom stereocenters. The summed E-state index contributed by atoms with van der Waals surface area (Å²) in [4.78, 5) is 10.9. The number of hydrogen-bond donors (Lipinski definition) is 1. The second-order valence-corrected chi connectivity index (χ2v) is 4.17. The number of halogens is 3. The lowest BCUT2D eigenvalue weighted by molar-refractivity contribution is -0.274. The normalized spacial score (nSPS) is 14.5. The zero-order chi connectivity index (χ0) is 15.4. The maximum Gasteiger partial charge on any atom is 0.423 e. The molecule has 0 saturated carbocycles. The molecule has 112 valence electrons. The Morgan fingerprint density at radius 2 is 1.95 bits per heavy atom. The summed E-state index contributed by atoms with van der Waals surface area (Å²) in [5.74, 6) is -0.297. The molecule has 0 heterocycles. The molecule has 0 bridgehead atoms. The predicted octanol–water partition coefficient (Wildman–Crippen LogP) is 2.24. The van der Waals surface area contributed by atoms with Gasteiger partial charge in [0.15, 0.2) is 0 Å². The first-order valence-electron chi connectivity index (χ1n) is 5.77. The fourth-order valence-electron chi connectivity index (χ4n) is 1.79. The minimum atomic E-state index is -4.70. The van der Waals surface area contributed by atoms with Crippen LogP contribution >= 0.6 is 0 Å². The van der Waals surface area contributed by atoms with Gasteiger partial charge >= 0.3 is 6.18 Å². The van der Waals surface area contributed by atoms with Gasteiger partial charge in [-0.3, -0.25) is 4.79 Å². The number of alkyl halides is 3. The third kappa shape index (κ3) is 3.22. The molecule has 0 aliphatic rings. The van der Waals surface area contributed by atoms with Crippen LogP contribution < -0.4 is 10.1 Å². The van der Waals surface area contributed by atoms with Crippen molar-refractivity contribution in [2.45, 2.75) is 18.7 Å². The van der Waals surface area contributed by atoms with Crippen LogP contribution in [0.1, 0.15) is 12.5 Å². The van der Waals surface area contributed by atoms with E-state index in [1.807, 2.05) is 0 Å². The van der Waals surface area contributed by atoms with Crippen molar-refractivity contribution in [3.05, 3.63) is 29.8 Å². The predicted molar refractivity (Wildman–Crippen MR) is 66.4 cm³/mol. The van der Waals surface area contributed by atoms with Gasteiger partial charge in [-0.1, -0.05) is 12.1 Å². The molecule has 7 heteroatoms. The second kappa shape index (κ2) is 6.13. The molecule has 0 spiro atoms. The fourth-order valence-corrected chi connectivity index (χ4v) is 1.79. The molecule has 1 rings (SSSR count). The van der Waals surface area contributed by atoms with E-state index in [2.05, 4.69) is 5.32 Å². The van der Waals surface area contributed by atoms with Crippen molar-refractivity contribution in [3.8, 4) is 5.75 Å². The van der Waals surface area contributed by atoms with Crippen LogP contribution in [0.3, 0.4) is 0 Å². The van der Waals surface area contributed by atoms with Crippen LogP contribution in [0.15, 0.2) is 24.3 Å². The minimum Gasteiger partial charge on any atom is -0.497 e. The van der Waals surface area contributed by atoms with Crippen LogP contribution in [0.2, 0.25) is 0 Å². The van der Waals surface area contributed by atoms with Crippen molar-refractivity contribution in [1.29, 1.82) is 0 Å². The maximum absolute atomic E-state index is 13.4. The number of nitrogens with one attached hydrogen (secondary N) is 1. The lowest BCUT2D eigenvalue weighted by Gasteiger charge is -2.35. The molecule has 0 radical (unpaired) electrons. The number of rotatable bonds is 5. The molecule has 1 unspecified atom stereocenters. The van der Waals surface area contributed by atoms with E-state index in [9.17, 15) is 18.0 Å². The second-order valence-electron chi connectivity index (χ2n) is 4.17. The van der Waals surface area contributed by atoms with Crippen molar-refractivity contribution >= 4 is 5.91 Å². The number of carbonyl (C=O) groups is 1. The molecule has 0 saturated heterocycles. The number of ether oxygens (including phenoxy) is 2. The molecule has 0 fully saturated rings. The highest BCUT2D eigenvalue weighted by Gasteiger charge is 2.57. The van der Waals surface area contributed by atoms with Gasteiger partial charge in [-0.25, -0.2) is 0 Å². The average molecular weight is 291 g/mol. The SMILES string of the molecule is COc1cccc(C(CNC(C)=O)(OC)C(F)(F)F)c1. The summed E-state index contributed by atoms with van der Waals surface area (Å²) in [6, 6.07) is 5.47. The molecule has 1 aromatic carbocycles. The Labute approximate surface area is 114 Å². The molecule has 4 nitrogen and oxygen atoms in total. The van der Waals surface area contributed by atoms with Gasteiger partial charge in [0, 0.05) is 14.0 Å². The Bertz CT molecular complexity index is 476. The zero-order valence-electron chi connectivity index (χ0n) is 11.4. The van der Waals surface area contributed by atoms with Gasteiger partial charge in [0.2, 0.25) is 11.5 Å². The number of hydrogen-bond acceptors (Lipinski definition) is 3. The molecule has 1 amide bonds. The fraction of sp³-hybridized carbons (Fsp3) is 0.462. The number of methoxy groups -OCH3 is 2. The molecular formula is C13H16F3NO3. The van der Waals surface area contributed by atoms with Crippen LogP contribution in [0.4, 0.5) is 13.2 Å². The highest BCUT2D eigenvalue weighted by Crippen LogP contribution is 2.42. The molecular weight excluding hydrogens is 275 g/mol. The smallest absolute Gasteiger partial charge is 0.423 e. The summed E-state index contributed by atoms with van der Waals surface area (Å²) in [5, 5.41) is 2.16. The van der Waals surface area contributed by atoms with Crippen molar-refractivity contribution in [3.63, 3.8) is 0 Å². The molecule has 20 heavy (non-hydrogen) atoms. The van der Waals surface area contributed by atoms with Crippen molar-refractivity contribution in [2.75, 3.05) is 20.8 Å². The van der Waals surface area contributed by atoms with E-state index in [-0.39, 0.29) is 11.3 Å². The van der Waals surface area contributed by atoms with Gasteiger partial charge in [-0.15, -0.1) is 0 Å². The van der Waals surface area contributed by atoms with Gasteiger partial charge in [0.05, 0.1) is 13.7 Å². The number of amides is 1. The van der Waals surface area contributed by atoms with Crippen molar-refractivity contribution in [2.24, 2.45) is 0 Å². The molecule has 0 aliphatic carbocycles. The lowest BCUT2D eigenvalue weighted by Crippen LogP contribution is -2.52. The Morgan fingerprint density at radius 1 is 1.30 bits per heavy atom. The van der Waals surface area contributed by atoms with Crippen molar-refractivity contribution in [1.82, 2.24) is 5.32 Å². The van der Waals surface area contributed by atoms with Crippen LogP contribution in [-0.2, 0) is 15.1 Å². The van der Waals surface area contributed by atoms with Crippen LogP contribution in [0, 0.1) is 0 Å². The zero-order valence-corrected chi connectivity index (χ0v) is 11.4. The average Bonchev–Trinajstić information content (AvgIpc) is 2.38. The number of benzene rings is 1. The highest BCUT2D eigenvalue weighted by molar-refractivity contribution is 5.73. The third-order valence-electron chi connectivity index (χ3n) is 2.93. The quantitative estimate of drug-likeness (QED) is 0.905. The van der Waals surface area contributed by atoms with E-state index in [1.54, 1.807) is 0 Å². The first-order chi connectivity index (χ1) is 9.26. The standard InChI is InChI=1S/C13H16F3NO3/c1-9(18)17-8-12(20-3,13(14,15)16)10-5-4-6-11(7-10)19-2/h4-7H,8H2,1-3H3,(H,17,18). The van der Waals surface area contributed by atoms with Gasteiger partial charge in [0.1, 0.15) is 5.75 Å². The Hall–Kier alpha value is -1.76. The summed E-state index contributed by atoms with van der Waals surface area (Å²) in [6.45, 7) is 0.428. The van der Waals surface area contributed by atoms with Crippen LogP contribution in [-0.4, -0.2) is 32.8 Å². The van der Waals surface area contributed by atoms with Crippen LogP contribution in [0.25, 0.3) is 0 Å². The largest absolute Gasteiger partial charge is 0.497 e. The molecule has 1 aromatic rings. The Morgan fingerprint density at radius 3 is 2.40 bits per heavy atom. The number of carbonyl (C=O) groups excluding carboxylic acids is 1. The lowest BCUT2D eigenvalue weighted by atomic mass is 9.92. The van der Waals surface area contributed by atoms with Crippen LogP contribution in [0.5, 0.6) is 5.75 Å². The summed E-state index contributed by atoms with van der Waals surface area (Å²) in [5.41, 5.74) is -2.76. The summed E-state index contributed by atoms with van der Waals surface area (Å²) >= 11 is 0.